The van der Waals surface area contributed by atoms with Crippen molar-refractivity contribution in [2.24, 2.45) is 11.8 Å². The maximum absolute atomic E-state index is 10.3. The summed E-state index contributed by atoms with van der Waals surface area (Å²) in [5.74, 6) is 1.46. The fraction of sp³-hybridized carbons (Fsp3) is 0.889. The number of carbonyl (C=O) groups is 1. The van der Waals surface area contributed by atoms with Crippen LogP contribution in [-0.2, 0) is 0 Å². The molecule has 1 saturated carbocycles. The van der Waals surface area contributed by atoms with Crippen LogP contribution in [-0.4, -0.2) is 22.2 Å². The van der Waals surface area contributed by atoms with Crippen LogP contribution in [0.5, 0.6) is 0 Å². The number of carboxylic acid groups (broad SMARTS) is 1. The van der Waals surface area contributed by atoms with Crippen molar-refractivity contribution in [1.29, 1.82) is 0 Å². The molecule has 76 valence electrons. The van der Waals surface area contributed by atoms with E-state index in [1.165, 1.54) is 30.1 Å². The van der Waals surface area contributed by atoms with Crippen molar-refractivity contribution >= 4 is 28.7 Å². The topological polar surface area (TPSA) is 49.3 Å². The minimum Gasteiger partial charge on any atom is -0.465 e. The highest BCUT2D eigenvalue weighted by Crippen LogP contribution is 2.29. The summed E-state index contributed by atoms with van der Waals surface area (Å²) in [6.07, 6.45) is 4.03. The van der Waals surface area contributed by atoms with E-state index in [9.17, 15) is 4.79 Å². The second kappa shape index (κ2) is 5.67. The van der Waals surface area contributed by atoms with E-state index in [1.54, 1.807) is 0 Å². The van der Waals surface area contributed by atoms with Crippen LogP contribution in [0.2, 0.25) is 0 Å². The molecule has 0 spiro atoms. The summed E-state index contributed by atoms with van der Waals surface area (Å²) in [5.41, 5.74) is 0. The smallest absolute Gasteiger partial charge is 0.404 e. The summed E-state index contributed by atoms with van der Waals surface area (Å²) in [5, 5.41) is 10.9. The molecule has 0 unspecified atom stereocenters. The lowest BCUT2D eigenvalue weighted by Crippen LogP contribution is -2.30. The molecule has 2 N–H and O–H groups in total. The van der Waals surface area contributed by atoms with Gasteiger partial charge in [0.15, 0.2) is 0 Å². The number of hydrogen-bond donors (Lipinski definition) is 2. The minimum absolute atomic E-state index is 0.579. The van der Waals surface area contributed by atoms with E-state index < -0.39 is 6.09 Å². The Bertz CT molecular complexity index is 167. The molecule has 13 heavy (non-hydrogen) atoms. The molecule has 3 nitrogen and oxygen atoms in total. The molecule has 1 amide bonds. The first-order valence-electron chi connectivity index (χ1n) is 4.75. The zero-order valence-corrected chi connectivity index (χ0v) is 9.79. The van der Waals surface area contributed by atoms with Gasteiger partial charge in [-0.15, -0.1) is 0 Å². The molecule has 0 aromatic rings. The summed E-state index contributed by atoms with van der Waals surface area (Å²) in [6, 6.07) is 0. The molecule has 1 fully saturated rings. The monoisotopic (exact) mass is 297 g/mol. The second-order valence-electron chi connectivity index (χ2n) is 3.73. The molecule has 4 heteroatoms. The van der Waals surface area contributed by atoms with Gasteiger partial charge in [0.05, 0.1) is 0 Å². The van der Waals surface area contributed by atoms with E-state index in [-0.39, 0.29) is 0 Å². The fourth-order valence-corrected chi connectivity index (χ4v) is 2.70. The van der Waals surface area contributed by atoms with Crippen LogP contribution >= 0.6 is 22.6 Å². The zero-order valence-electron chi connectivity index (χ0n) is 7.63. The van der Waals surface area contributed by atoms with Crippen LogP contribution < -0.4 is 5.32 Å². The van der Waals surface area contributed by atoms with Crippen LogP contribution in [0.25, 0.3) is 0 Å². The third-order valence-corrected chi connectivity index (χ3v) is 3.97. The van der Waals surface area contributed by atoms with Crippen LogP contribution in [0.4, 0.5) is 4.79 Å². The van der Waals surface area contributed by atoms with E-state index in [2.05, 4.69) is 27.9 Å². The Kier molecular flexibility index (Phi) is 4.83. The Labute approximate surface area is 92.4 Å². The normalized spacial score (nSPS) is 28.4. The predicted molar refractivity (Wildman–Crippen MR) is 60.4 cm³/mol. The van der Waals surface area contributed by atoms with Crippen LogP contribution in [0.15, 0.2) is 0 Å². The van der Waals surface area contributed by atoms with Gasteiger partial charge < -0.3 is 10.4 Å². The van der Waals surface area contributed by atoms with Crippen molar-refractivity contribution in [1.82, 2.24) is 5.32 Å². The van der Waals surface area contributed by atoms with Crippen molar-refractivity contribution in [3.63, 3.8) is 0 Å². The first-order valence-corrected chi connectivity index (χ1v) is 6.27. The van der Waals surface area contributed by atoms with Crippen LogP contribution in [0.1, 0.15) is 25.7 Å². The maximum Gasteiger partial charge on any atom is 0.404 e. The summed E-state index contributed by atoms with van der Waals surface area (Å²) in [4.78, 5) is 10.3. The lowest BCUT2D eigenvalue weighted by atomic mass is 9.83. The molecule has 1 aliphatic carbocycles. The van der Waals surface area contributed by atoms with Gasteiger partial charge in [0.1, 0.15) is 0 Å². The summed E-state index contributed by atoms with van der Waals surface area (Å²) >= 11 is 2.44. The fourth-order valence-electron chi connectivity index (χ4n) is 1.82. The molecular weight excluding hydrogens is 281 g/mol. The SMILES string of the molecule is O=C(O)NC[C@H]1CC[C@H](CI)CC1. The van der Waals surface area contributed by atoms with E-state index in [1.807, 2.05) is 0 Å². The Hall–Kier alpha value is 0. The number of hydrogen-bond acceptors (Lipinski definition) is 1. The molecular formula is C9H16INO2. The van der Waals surface area contributed by atoms with Gasteiger partial charge in [0, 0.05) is 11.0 Å². The number of halogens is 1. The average Bonchev–Trinajstić information content (AvgIpc) is 2.15. The lowest BCUT2D eigenvalue weighted by Gasteiger charge is -2.26. The van der Waals surface area contributed by atoms with E-state index in [0.717, 1.165) is 5.92 Å². The molecule has 0 heterocycles. The van der Waals surface area contributed by atoms with Gasteiger partial charge in [-0.05, 0) is 37.5 Å². The highest BCUT2D eigenvalue weighted by atomic mass is 127. The summed E-state index contributed by atoms with van der Waals surface area (Å²) in [6.45, 7) is 0.642. The molecule has 0 saturated heterocycles. The zero-order chi connectivity index (χ0) is 9.68. The summed E-state index contributed by atoms with van der Waals surface area (Å²) < 4.78 is 1.25. The standard InChI is InChI=1S/C9H16INO2/c10-5-7-1-3-8(4-2-7)6-11-9(12)13/h7-8,11H,1-6H2,(H,12,13)/t7-,8-. The van der Waals surface area contributed by atoms with Gasteiger partial charge in [-0.1, -0.05) is 22.6 Å². The van der Waals surface area contributed by atoms with Gasteiger partial charge in [0.2, 0.25) is 0 Å². The number of rotatable bonds is 3. The molecule has 0 aromatic carbocycles. The van der Waals surface area contributed by atoms with Gasteiger partial charge in [-0.25, -0.2) is 4.79 Å². The number of amides is 1. The van der Waals surface area contributed by atoms with E-state index in [4.69, 9.17) is 5.11 Å². The molecule has 0 bridgehead atoms. The highest BCUT2D eigenvalue weighted by Gasteiger charge is 2.20. The first kappa shape index (κ1) is 11.1. The third kappa shape index (κ3) is 4.15. The minimum atomic E-state index is -0.893. The van der Waals surface area contributed by atoms with Crippen molar-refractivity contribution in [2.75, 3.05) is 11.0 Å². The molecule has 0 radical (unpaired) electrons. The van der Waals surface area contributed by atoms with Gasteiger partial charge in [-0.2, -0.15) is 0 Å². The van der Waals surface area contributed by atoms with Crippen molar-refractivity contribution < 1.29 is 9.90 Å². The van der Waals surface area contributed by atoms with Crippen LogP contribution in [0, 0.1) is 11.8 Å². The number of nitrogens with one attached hydrogen (secondary N) is 1. The predicted octanol–water partition coefficient (Wildman–Crippen LogP) is 2.50. The van der Waals surface area contributed by atoms with Crippen molar-refractivity contribution in [3.8, 4) is 0 Å². The quantitative estimate of drug-likeness (QED) is 0.621. The third-order valence-electron chi connectivity index (χ3n) is 2.73. The van der Waals surface area contributed by atoms with Crippen molar-refractivity contribution in [3.05, 3.63) is 0 Å². The Balaban J connectivity index is 2.14. The molecule has 0 aliphatic heterocycles. The van der Waals surface area contributed by atoms with Gasteiger partial charge >= 0.3 is 6.09 Å². The Morgan fingerprint density at radius 3 is 2.31 bits per heavy atom. The number of alkyl halides is 1. The largest absolute Gasteiger partial charge is 0.465 e. The van der Waals surface area contributed by atoms with Crippen molar-refractivity contribution in [2.45, 2.75) is 25.7 Å². The lowest BCUT2D eigenvalue weighted by molar-refractivity contribution is 0.189. The molecule has 0 atom stereocenters. The van der Waals surface area contributed by atoms with Crippen LogP contribution in [0.3, 0.4) is 0 Å². The second-order valence-corrected chi connectivity index (χ2v) is 4.61. The molecule has 0 aromatic heterocycles. The maximum atomic E-state index is 10.3. The molecule has 1 rings (SSSR count). The summed E-state index contributed by atoms with van der Waals surface area (Å²) in [7, 11) is 0. The van der Waals surface area contributed by atoms with Gasteiger partial charge in [0.25, 0.3) is 0 Å². The average molecular weight is 297 g/mol. The first-order chi connectivity index (χ1) is 6.22. The molecule has 1 aliphatic rings. The highest BCUT2D eigenvalue weighted by molar-refractivity contribution is 14.1. The van der Waals surface area contributed by atoms with E-state index in [0.29, 0.717) is 12.5 Å². The van der Waals surface area contributed by atoms with Gasteiger partial charge in [-0.3, -0.25) is 0 Å². The Morgan fingerprint density at radius 1 is 1.31 bits per heavy atom. The Morgan fingerprint density at radius 2 is 1.85 bits per heavy atom. The van der Waals surface area contributed by atoms with E-state index >= 15 is 0 Å².